The van der Waals surface area contributed by atoms with Crippen LogP contribution in [-0.2, 0) is 6.54 Å². The van der Waals surface area contributed by atoms with E-state index in [0.717, 1.165) is 18.4 Å². The van der Waals surface area contributed by atoms with Gasteiger partial charge in [-0.1, -0.05) is 12.1 Å². The SMILES string of the molecule is COc1ccc(OC)c(CN(C(=O)c2cc(=O)c3ccccc3o2)C2CC2)c1. The Hall–Kier alpha value is -3.28. The molecule has 0 unspecified atom stereocenters. The maximum atomic E-state index is 13.2. The quantitative estimate of drug-likeness (QED) is 0.654. The zero-order valence-electron chi connectivity index (χ0n) is 15.8. The van der Waals surface area contributed by atoms with Gasteiger partial charge in [-0.3, -0.25) is 9.59 Å². The summed E-state index contributed by atoms with van der Waals surface area (Å²) in [6, 6.07) is 13.8. The lowest BCUT2D eigenvalue weighted by Gasteiger charge is -2.23. The van der Waals surface area contributed by atoms with Crippen LogP contribution in [0.25, 0.3) is 11.0 Å². The summed E-state index contributed by atoms with van der Waals surface area (Å²) in [4.78, 5) is 27.3. The number of carbonyl (C=O) groups is 1. The lowest BCUT2D eigenvalue weighted by molar-refractivity contribution is 0.0696. The van der Waals surface area contributed by atoms with Crippen molar-refractivity contribution in [2.24, 2.45) is 0 Å². The molecule has 1 saturated carbocycles. The van der Waals surface area contributed by atoms with Gasteiger partial charge in [-0.05, 0) is 43.2 Å². The molecule has 0 N–H and O–H groups in total. The van der Waals surface area contributed by atoms with Crippen LogP contribution in [0.4, 0.5) is 0 Å². The third-order valence-electron chi connectivity index (χ3n) is 4.92. The predicted molar refractivity (Wildman–Crippen MR) is 105 cm³/mol. The fourth-order valence-corrected chi connectivity index (χ4v) is 3.29. The number of carbonyl (C=O) groups excluding carboxylic acids is 1. The van der Waals surface area contributed by atoms with Gasteiger partial charge in [0.25, 0.3) is 5.91 Å². The standard InChI is InChI=1S/C22H21NO5/c1-26-16-9-10-19(27-2)14(11-16)13-23(15-7-8-15)22(25)21-12-18(24)17-5-3-4-6-20(17)28-21/h3-6,9-12,15H,7-8,13H2,1-2H3. The van der Waals surface area contributed by atoms with E-state index in [-0.39, 0.29) is 23.1 Å². The van der Waals surface area contributed by atoms with Crippen molar-refractivity contribution < 1.29 is 18.7 Å². The second-order valence-corrected chi connectivity index (χ2v) is 6.81. The fourth-order valence-electron chi connectivity index (χ4n) is 3.29. The van der Waals surface area contributed by atoms with Crippen molar-refractivity contribution in [2.45, 2.75) is 25.4 Å². The molecule has 0 spiro atoms. The van der Waals surface area contributed by atoms with E-state index in [0.29, 0.717) is 29.0 Å². The molecule has 0 aliphatic heterocycles. The van der Waals surface area contributed by atoms with Crippen LogP contribution >= 0.6 is 0 Å². The first kappa shape index (κ1) is 18.1. The average Bonchev–Trinajstić information content (AvgIpc) is 3.56. The van der Waals surface area contributed by atoms with Gasteiger partial charge in [-0.2, -0.15) is 0 Å². The second-order valence-electron chi connectivity index (χ2n) is 6.81. The number of rotatable bonds is 6. The first-order chi connectivity index (χ1) is 13.6. The Bertz CT molecular complexity index is 1080. The number of fused-ring (bicyclic) bond motifs is 1. The van der Waals surface area contributed by atoms with Crippen molar-refractivity contribution in [1.29, 1.82) is 0 Å². The zero-order chi connectivity index (χ0) is 19.7. The lowest BCUT2D eigenvalue weighted by atomic mass is 10.1. The Labute approximate surface area is 162 Å². The summed E-state index contributed by atoms with van der Waals surface area (Å²) in [5.41, 5.74) is 1.03. The van der Waals surface area contributed by atoms with Gasteiger partial charge in [0.2, 0.25) is 0 Å². The summed E-state index contributed by atoms with van der Waals surface area (Å²) in [5.74, 6) is 1.13. The summed E-state index contributed by atoms with van der Waals surface area (Å²) in [7, 11) is 3.19. The molecule has 3 aromatic rings. The van der Waals surface area contributed by atoms with Crippen molar-refractivity contribution >= 4 is 16.9 Å². The van der Waals surface area contributed by atoms with E-state index in [9.17, 15) is 9.59 Å². The molecule has 2 aromatic carbocycles. The molecule has 4 rings (SSSR count). The van der Waals surface area contributed by atoms with Gasteiger partial charge >= 0.3 is 0 Å². The molecule has 1 amide bonds. The molecular weight excluding hydrogens is 358 g/mol. The number of benzene rings is 2. The Morgan fingerprint density at radius 1 is 1.11 bits per heavy atom. The maximum Gasteiger partial charge on any atom is 0.290 e. The molecular formula is C22H21NO5. The number of nitrogens with zero attached hydrogens (tertiary/aromatic N) is 1. The largest absolute Gasteiger partial charge is 0.497 e. The molecule has 1 fully saturated rings. The molecule has 0 bridgehead atoms. The molecule has 144 valence electrons. The summed E-state index contributed by atoms with van der Waals surface area (Å²) in [5, 5.41) is 0.464. The molecule has 28 heavy (non-hydrogen) atoms. The number of methoxy groups -OCH3 is 2. The van der Waals surface area contributed by atoms with Crippen molar-refractivity contribution in [2.75, 3.05) is 14.2 Å². The Balaban J connectivity index is 1.69. The van der Waals surface area contributed by atoms with E-state index >= 15 is 0 Å². The highest BCUT2D eigenvalue weighted by atomic mass is 16.5. The number of amides is 1. The number of para-hydroxylation sites is 1. The minimum absolute atomic E-state index is 0.0532. The predicted octanol–water partition coefficient (Wildman–Crippen LogP) is 3.62. The fraction of sp³-hybridized carbons (Fsp3) is 0.273. The Morgan fingerprint density at radius 3 is 2.61 bits per heavy atom. The van der Waals surface area contributed by atoms with Gasteiger partial charge in [-0.25, -0.2) is 0 Å². The van der Waals surface area contributed by atoms with Crippen LogP contribution in [-0.4, -0.2) is 31.1 Å². The summed E-state index contributed by atoms with van der Waals surface area (Å²) in [6.07, 6.45) is 1.85. The van der Waals surface area contributed by atoms with Crippen molar-refractivity contribution in [3.8, 4) is 11.5 Å². The van der Waals surface area contributed by atoms with Gasteiger partial charge in [0.1, 0.15) is 17.1 Å². The third-order valence-corrected chi connectivity index (χ3v) is 4.92. The summed E-state index contributed by atoms with van der Waals surface area (Å²) >= 11 is 0. The molecule has 1 aliphatic carbocycles. The van der Waals surface area contributed by atoms with Crippen molar-refractivity contribution in [1.82, 2.24) is 4.90 Å². The number of ether oxygens (including phenoxy) is 2. The van der Waals surface area contributed by atoms with Crippen LogP contribution in [0.2, 0.25) is 0 Å². The topological polar surface area (TPSA) is 69.0 Å². The van der Waals surface area contributed by atoms with Crippen LogP contribution in [0.5, 0.6) is 11.5 Å². The molecule has 0 saturated heterocycles. The maximum absolute atomic E-state index is 13.2. The van der Waals surface area contributed by atoms with Gasteiger partial charge < -0.3 is 18.8 Å². The summed E-state index contributed by atoms with van der Waals surface area (Å²) < 4.78 is 16.5. The molecule has 0 radical (unpaired) electrons. The van der Waals surface area contributed by atoms with Crippen LogP contribution < -0.4 is 14.9 Å². The smallest absolute Gasteiger partial charge is 0.290 e. The first-order valence-electron chi connectivity index (χ1n) is 9.15. The lowest BCUT2D eigenvalue weighted by Crippen LogP contribution is -2.33. The van der Waals surface area contributed by atoms with E-state index in [1.807, 2.05) is 18.2 Å². The average molecular weight is 379 g/mol. The minimum Gasteiger partial charge on any atom is -0.497 e. The van der Waals surface area contributed by atoms with Crippen LogP contribution in [0.15, 0.2) is 57.7 Å². The highest BCUT2D eigenvalue weighted by Crippen LogP contribution is 2.33. The second kappa shape index (κ2) is 7.38. The van der Waals surface area contributed by atoms with Crippen molar-refractivity contribution in [3.05, 3.63) is 70.1 Å². The number of hydrogen-bond acceptors (Lipinski definition) is 5. The Morgan fingerprint density at radius 2 is 1.89 bits per heavy atom. The molecule has 6 nitrogen and oxygen atoms in total. The van der Waals surface area contributed by atoms with E-state index in [1.165, 1.54) is 6.07 Å². The molecule has 6 heteroatoms. The molecule has 1 aromatic heterocycles. The molecule has 1 heterocycles. The third kappa shape index (κ3) is 3.45. The van der Waals surface area contributed by atoms with Gasteiger partial charge in [0, 0.05) is 17.7 Å². The van der Waals surface area contributed by atoms with E-state index in [4.69, 9.17) is 13.9 Å². The molecule has 1 aliphatic rings. The van der Waals surface area contributed by atoms with E-state index in [2.05, 4.69) is 0 Å². The van der Waals surface area contributed by atoms with Crippen LogP contribution in [0, 0.1) is 0 Å². The first-order valence-corrected chi connectivity index (χ1v) is 9.15. The van der Waals surface area contributed by atoms with Crippen molar-refractivity contribution in [3.63, 3.8) is 0 Å². The Kier molecular flexibility index (Phi) is 4.77. The normalized spacial score (nSPS) is 13.4. The van der Waals surface area contributed by atoms with Crippen LogP contribution in [0.1, 0.15) is 29.0 Å². The van der Waals surface area contributed by atoms with Gasteiger partial charge in [0.05, 0.1) is 26.2 Å². The monoisotopic (exact) mass is 379 g/mol. The van der Waals surface area contributed by atoms with E-state index < -0.39 is 0 Å². The highest BCUT2D eigenvalue weighted by molar-refractivity contribution is 5.93. The zero-order valence-corrected chi connectivity index (χ0v) is 15.8. The number of hydrogen-bond donors (Lipinski definition) is 0. The highest BCUT2D eigenvalue weighted by Gasteiger charge is 2.35. The molecule has 0 atom stereocenters. The van der Waals surface area contributed by atoms with Crippen LogP contribution in [0.3, 0.4) is 0 Å². The van der Waals surface area contributed by atoms with E-state index in [1.54, 1.807) is 43.4 Å². The van der Waals surface area contributed by atoms with Gasteiger partial charge in [0.15, 0.2) is 11.2 Å². The van der Waals surface area contributed by atoms with Gasteiger partial charge in [-0.15, -0.1) is 0 Å². The summed E-state index contributed by atoms with van der Waals surface area (Å²) in [6.45, 7) is 0.348. The minimum atomic E-state index is -0.296.